The first-order chi connectivity index (χ1) is 14.5. The number of ether oxygens (including phenoxy) is 3. The van der Waals surface area contributed by atoms with E-state index in [1.165, 1.54) is 0 Å². The average molecular weight is 431 g/mol. The van der Waals surface area contributed by atoms with Gasteiger partial charge in [-0.25, -0.2) is 0 Å². The molecule has 2 heterocycles. The summed E-state index contributed by atoms with van der Waals surface area (Å²) in [5.41, 5.74) is 2.72. The van der Waals surface area contributed by atoms with Crippen LogP contribution in [0.25, 0.3) is 0 Å². The minimum Gasteiger partial charge on any atom is -0.484 e. The molecule has 158 valence electrons. The number of likely N-dealkylation sites (N-methyl/N-ethyl adjacent to an activating group) is 1. The Hall–Kier alpha value is -2.61. The standard InChI is InChI=1S/C22H23ClN2O5/c1-25-19-7-2-16(12-15(19)13-21(25)27)22(29-10-11-30-22)8-9-24-20(26)14-28-18-5-3-17(23)4-6-18/h2-7,12H,8-11,13-14H2,1H3,(H,24,26). The summed E-state index contributed by atoms with van der Waals surface area (Å²) in [5, 5.41) is 3.45. The van der Waals surface area contributed by atoms with Crippen LogP contribution in [-0.2, 0) is 31.3 Å². The molecule has 30 heavy (non-hydrogen) atoms. The van der Waals surface area contributed by atoms with Crippen molar-refractivity contribution in [3.8, 4) is 5.75 Å². The number of amides is 2. The van der Waals surface area contributed by atoms with Gasteiger partial charge >= 0.3 is 0 Å². The van der Waals surface area contributed by atoms with Crippen molar-refractivity contribution in [1.82, 2.24) is 5.32 Å². The van der Waals surface area contributed by atoms with Crippen LogP contribution >= 0.6 is 11.6 Å². The molecule has 0 bridgehead atoms. The molecule has 0 spiro atoms. The van der Waals surface area contributed by atoms with Gasteiger partial charge < -0.3 is 24.4 Å². The van der Waals surface area contributed by atoms with Gasteiger partial charge in [0.1, 0.15) is 5.75 Å². The van der Waals surface area contributed by atoms with Crippen LogP contribution in [-0.4, -0.2) is 45.2 Å². The maximum Gasteiger partial charge on any atom is 0.257 e. The molecule has 0 aliphatic carbocycles. The van der Waals surface area contributed by atoms with E-state index in [1.54, 1.807) is 36.2 Å². The van der Waals surface area contributed by atoms with Gasteiger partial charge in [-0.1, -0.05) is 17.7 Å². The molecule has 2 aliphatic rings. The number of carbonyl (C=O) groups is 2. The number of rotatable bonds is 7. The quantitative estimate of drug-likeness (QED) is 0.730. The van der Waals surface area contributed by atoms with E-state index in [2.05, 4.69) is 5.32 Å². The average Bonchev–Trinajstić information content (AvgIpc) is 3.33. The van der Waals surface area contributed by atoms with Crippen molar-refractivity contribution in [2.45, 2.75) is 18.6 Å². The summed E-state index contributed by atoms with van der Waals surface area (Å²) in [6, 6.07) is 12.6. The minimum absolute atomic E-state index is 0.0670. The number of fused-ring (bicyclic) bond motifs is 1. The van der Waals surface area contributed by atoms with Crippen LogP contribution in [0.4, 0.5) is 5.69 Å². The maximum absolute atomic E-state index is 12.1. The zero-order valence-electron chi connectivity index (χ0n) is 16.7. The molecule has 0 saturated carbocycles. The van der Waals surface area contributed by atoms with E-state index in [-0.39, 0.29) is 18.4 Å². The molecule has 2 aromatic carbocycles. The van der Waals surface area contributed by atoms with Crippen LogP contribution in [0.3, 0.4) is 0 Å². The summed E-state index contributed by atoms with van der Waals surface area (Å²) in [6.07, 6.45) is 0.816. The molecular formula is C22H23ClN2O5. The molecule has 1 saturated heterocycles. The monoisotopic (exact) mass is 430 g/mol. The van der Waals surface area contributed by atoms with Gasteiger partial charge in [0.05, 0.1) is 19.6 Å². The molecule has 0 aromatic heterocycles. The number of carbonyl (C=O) groups excluding carboxylic acids is 2. The molecule has 2 amide bonds. The topological polar surface area (TPSA) is 77.1 Å². The number of benzene rings is 2. The molecule has 1 N–H and O–H groups in total. The third-order valence-electron chi connectivity index (χ3n) is 5.31. The Bertz CT molecular complexity index is 941. The fraction of sp³-hybridized carbons (Fsp3) is 0.364. The van der Waals surface area contributed by atoms with Crippen molar-refractivity contribution in [3.05, 3.63) is 58.6 Å². The zero-order chi connectivity index (χ0) is 21.1. The number of nitrogens with zero attached hydrogens (tertiary/aromatic N) is 1. The predicted octanol–water partition coefficient (Wildman–Crippen LogP) is 2.64. The van der Waals surface area contributed by atoms with Crippen LogP contribution < -0.4 is 15.0 Å². The van der Waals surface area contributed by atoms with E-state index >= 15 is 0 Å². The van der Waals surface area contributed by atoms with Crippen LogP contribution in [0, 0.1) is 0 Å². The largest absolute Gasteiger partial charge is 0.484 e. The third kappa shape index (κ3) is 4.28. The van der Waals surface area contributed by atoms with Crippen molar-refractivity contribution in [3.63, 3.8) is 0 Å². The van der Waals surface area contributed by atoms with Crippen molar-refractivity contribution >= 4 is 29.1 Å². The van der Waals surface area contributed by atoms with Crippen LogP contribution in [0.2, 0.25) is 5.02 Å². The van der Waals surface area contributed by atoms with E-state index < -0.39 is 5.79 Å². The molecule has 0 radical (unpaired) electrons. The summed E-state index contributed by atoms with van der Waals surface area (Å²) < 4.78 is 17.3. The Morgan fingerprint density at radius 3 is 2.67 bits per heavy atom. The van der Waals surface area contributed by atoms with E-state index in [0.717, 1.165) is 16.8 Å². The molecule has 1 fully saturated rings. The Labute approximate surface area is 179 Å². The highest BCUT2D eigenvalue weighted by atomic mass is 35.5. The SMILES string of the molecule is CN1C(=O)Cc2cc(C3(CCNC(=O)COc4ccc(Cl)cc4)OCCO3)ccc21. The molecule has 8 heteroatoms. The number of halogens is 1. The van der Waals surface area contributed by atoms with Gasteiger partial charge in [-0.3, -0.25) is 9.59 Å². The Kier molecular flexibility index (Phi) is 5.94. The van der Waals surface area contributed by atoms with Crippen molar-refractivity contribution in [1.29, 1.82) is 0 Å². The second kappa shape index (κ2) is 8.63. The summed E-state index contributed by atoms with van der Waals surface area (Å²) in [4.78, 5) is 25.8. The Morgan fingerprint density at radius 2 is 1.93 bits per heavy atom. The van der Waals surface area contributed by atoms with E-state index in [1.807, 2.05) is 18.2 Å². The summed E-state index contributed by atoms with van der Waals surface area (Å²) in [6.45, 7) is 1.22. The van der Waals surface area contributed by atoms with Gasteiger partial charge in [0.15, 0.2) is 12.4 Å². The van der Waals surface area contributed by atoms with Crippen LogP contribution in [0.5, 0.6) is 5.75 Å². The molecule has 0 atom stereocenters. The smallest absolute Gasteiger partial charge is 0.257 e. The first kappa shape index (κ1) is 20.7. The molecule has 4 rings (SSSR count). The third-order valence-corrected chi connectivity index (χ3v) is 5.56. The highest BCUT2D eigenvalue weighted by Gasteiger charge is 2.39. The first-order valence-corrected chi connectivity index (χ1v) is 10.2. The normalized spacial score (nSPS) is 17.1. The van der Waals surface area contributed by atoms with Crippen molar-refractivity contribution in [2.75, 3.05) is 38.3 Å². The van der Waals surface area contributed by atoms with Crippen molar-refractivity contribution < 1.29 is 23.8 Å². The zero-order valence-corrected chi connectivity index (χ0v) is 17.4. The van der Waals surface area contributed by atoms with Gasteiger partial charge in [0, 0.05) is 36.3 Å². The lowest BCUT2D eigenvalue weighted by molar-refractivity contribution is -0.170. The molecule has 7 nitrogen and oxygen atoms in total. The van der Waals surface area contributed by atoms with Crippen LogP contribution in [0.15, 0.2) is 42.5 Å². The minimum atomic E-state index is -0.927. The molecule has 0 unspecified atom stereocenters. The van der Waals surface area contributed by atoms with Gasteiger partial charge in [-0.15, -0.1) is 0 Å². The number of nitrogens with one attached hydrogen (secondary N) is 1. The highest BCUT2D eigenvalue weighted by molar-refractivity contribution is 6.30. The second-order valence-electron chi connectivity index (χ2n) is 7.27. The highest BCUT2D eigenvalue weighted by Crippen LogP contribution is 2.38. The maximum atomic E-state index is 12.1. The number of hydrogen-bond acceptors (Lipinski definition) is 5. The van der Waals surface area contributed by atoms with E-state index in [4.69, 9.17) is 25.8 Å². The lowest BCUT2D eigenvalue weighted by Gasteiger charge is -2.28. The lowest BCUT2D eigenvalue weighted by Crippen LogP contribution is -2.36. The van der Waals surface area contributed by atoms with Gasteiger partial charge in [-0.2, -0.15) is 0 Å². The summed E-state index contributed by atoms with van der Waals surface area (Å²) in [7, 11) is 1.77. The molecule has 2 aromatic rings. The Balaban J connectivity index is 1.35. The summed E-state index contributed by atoms with van der Waals surface area (Å²) >= 11 is 5.84. The van der Waals surface area contributed by atoms with E-state index in [0.29, 0.717) is 43.4 Å². The predicted molar refractivity (Wildman–Crippen MR) is 112 cm³/mol. The van der Waals surface area contributed by atoms with Gasteiger partial charge in [-0.05, 0) is 42.0 Å². The van der Waals surface area contributed by atoms with E-state index in [9.17, 15) is 9.59 Å². The number of anilines is 1. The lowest BCUT2D eigenvalue weighted by atomic mass is 9.98. The molecular weight excluding hydrogens is 408 g/mol. The van der Waals surface area contributed by atoms with Gasteiger partial charge in [0.25, 0.3) is 5.91 Å². The summed E-state index contributed by atoms with van der Waals surface area (Å²) in [5.74, 6) is -0.522. The fourth-order valence-corrected chi connectivity index (χ4v) is 3.84. The number of hydrogen-bond donors (Lipinski definition) is 1. The van der Waals surface area contributed by atoms with Crippen molar-refractivity contribution in [2.24, 2.45) is 0 Å². The van der Waals surface area contributed by atoms with Crippen LogP contribution in [0.1, 0.15) is 17.5 Å². The van der Waals surface area contributed by atoms with Gasteiger partial charge in [0.2, 0.25) is 5.91 Å². The second-order valence-corrected chi connectivity index (χ2v) is 7.70. The molecule has 2 aliphatic heterocycles. The first-order valence-electron chi connectivity index (χ1n) is 9.80. The Morgan fingerprint density at radius 1 is 1.20 bits per heavy atom. The fourth-order valence-electron chi connectivity index (χ4n) is 3.71.